The number of rotatable bonds is 1. The van der Waals surface area contributed by atoms with Crippen LogP contribution in [0.4, 0.5) is 0 Å². The number of nitrogens with zero attached hydrogens (tertiary/aromatic N) is 1. The third-order valence-corrected chi connectivity index (χ3v) is 4.15. The van der Waals surface area contributed by atoms with Crippen molar-refractivity contribution in [2.24, 2.45) is 10.4 Å². The standard InChI is InChI=1S/C14H19NOS/c1-14(2,3)12-11(17-13(15-4)16-12)10-8-6-5-7-9-10/h5-9,11-12H,1-4H3. The largest absolute Gasteiger partial charge is 0.468 e. The molecule has 0 saturated carbocycles. The molecule has 0 spiro atoms. The highest BCUT2D eigenvalue weighted by molar-refractivity contribution is 8.14. The molecule has 1 saturated heterocycles. The van der Waals surface area contributed by atoms with Gasteiger partial charge in [-0.2, -0.15) is 0 Å². The molecular formula is C14H19NOS. The Hall–Kier alpha value is -0.960. The fraction of sp³-hybridized carbons (Fsp3) is 0.500. The molecule has 2 unspecified atom stereocenters. The first kappa shape index (κ1) is 12.5. The van der Waals surface area contributed by atoms with E-state index in [-0.39, 0.29) is 11.5 Å². The quantitative estimate of drug-likeness (QED) is 0.753. The number of benzene rings is 1. The number of hydrogen-bond acceptors (Lipinski definition) is 3. The van der Waals surface area contributed by atoms with Gasteiger partial charge in [-0.1, -0.05) is 62.9 Å². The second-order valence-corrected chi connectivity index (χ2v) is 6.44. The van der Waals surface area contributed by atoms with Crippen molar-refractivity contribution in [1.29, 1.82) is 0 Å². The first-order valence-corrected chi connectivity index (χ1v) is 6.75. The molecule has 2 rings (SSSR count). The van der Waals surface area contributed by atoms with Crippen LogP contribution in [0.2, 0.25) is 0 Å². The van der Waals surface area contributed by atoms with Crippen LogP contribution in [0, 0.1) is 5.41 Å². The average molecular weight is 249 g/mol. The van der Waals surface area contributed by atoms with Crippen molar-refractivity contribution in [3.05, 3.63) is 35.9 Å². The first-order valence-electron chi connectivity index (χ1n) is 5.87. The van der Waals surface area contributed by atoms with E-state index in [1.165, 1.54) is 5.56 Å². The van der Waals surface area contributed by atoms with Gasteiger partial charge in [0.15, 0.2) is 0 Å². The van der Waals surface area contributed by atoms with Crippen LogP contribution in [-0.2, 0) is 4.74 Å². The van der Waals surface area contributed by atoms with E-state index < -0.39 is 0 Å². The monoisotopic (exact) mass is 249 g/mol. The van der Waals surface area contributed by atoms with Crippen molar-refractivity contribution >= 4 is 17.0 Å². The van der Waals surface area contributed by atoms with Crippen LogP contribution < -0.4 is 0 Å². The molecule has 0 aromatic heterocycles. The molecule has 0 bridgehead atoms. The minimum Gasteiger partial charge on any atom is -0.468 e. The van der Waals surface area contributed by atoms with Gasteiger partial charge in [-0.05, 0) is 5.56 Å². The number of ether oxygens (including phenoxy) is 1. The second kappa shape index (κ2) is 4.73. The molecular weight excluding hydrogens is 230 g/mol. The Morgan fingerprint density at radius 1 is 1.18 bits per heavy atom. The lowest BCUT2D eigenvalue weighted by molar-refractivity contribution is 0.0866. The van der Waals surface area contributed by atoms with E-state index in [4.69, 9.17) is 4.74 Å². The van der Waals surface area contributed by atoms with Gasteiger partial charge in [0, 0.05) is 12.5 Å². The molecule has 1 fully saturated rings. The smallest absolute Gasteiger partial charge is 0.246 e. The Labute approximate surface area is 107 Å². The molecule has 2 atom stereocenters. The number of hydrogen-bond donors (Lipinski definition) is 0. The maximum absolute atomic E-state index is 5.96. The average Bonchev–Trinajstić information content (AvgIpc) is 2.74. The van der Waals surface area contributed by atoms with E-state index in [1.807, 2.05) is 6.07 Å². The molecule has 0 N–H and O–H groups in total. The summed E-state index contributed by atoms with van der Waals surface area (Å²) in [6, 6.07) is 10.5. The van der Waals surface area contributed by atoms with Gasteiger partial charge in [0.1, 0.15) is 6.10 Å². The maximum Gasteiger partial charge on any atom is 0.246 e. The molecule has 1 aliphatic rings. The molecule has 0 radical (unpaired) electrons. The first-order chi connectivity index (χ1) is 8.02. The predicted molar refractivity (Wildman–Crippen MR) is 74.5 cm³/mol. The summed E-state index contributed by atoms with van der Waals surface area (Å²) in [7, 11) is 1.79. The van der Waals surface area contributed by atoms with Crippen LogP contribution in [0.1, 0.15) is 31.6 Å². The Bertz CT molecular complexity index is 408. The zero-order chi connectivity index (χ0) is 12.5. The summed E-state index contributed by atoms with van der Waals surface area (Å²) in [6.45, 7) is 6.65. The summed E-state index contributed by atoms with van der Waals surface area (Å²) in [6.07, 6.45) is 0.175. The zero-order valence-corrected chi connectivity index (χ0v) is 11.6. The van der Waals surface area contributed by atoms with Gasteiger partial charge in [0.05, 0.1) is 5.25 Å². The molecule has 1 heterocycles. The third-order valence-electron chi connectivity index (χ3n) is 2.89. The molecule has 1 aromatic carbocycles. The van der Waals surface area contributed by atoms with Gasteiger partial charge in [-0.15, -0.1) is 0 Å². The van der Waals surface area contributed by atoms with E-state index in [0.717, 1.165) is 5.23 Å². The number of aliphatic imine (C=N–C) groups is 1. The van der Waals surface area contributed by atoms with Crippen molar-refractivity contribution in [3.8, 4) is 0 Å². The molecule has 0 aliphatic carbocycles. The van der Waals surface area contributed by atoms with Crippen molar-refractivity contribution in [2.75, 3.05) is 7.05 Å². The van der Waals surface area contributed by atoms with Crippen molar-refractivity contribution in [3.63, 3.8) is 0 Å². The highest BCUT2D eigenvalue weighted by atomic mass is 32.2. The minimum absolute atomic E-state index is 0.111. The van der Waals surface area contributed by atoms with Gasteiger partial charge in [0.2, 0.25) is 5.23 Å². The number of thioether (sulfide) groups is 1. The Morgan fingerprint density at radius 2 is 1.82 bits per heavy atom. The Morgan fingerprint density at radius 3 is 2.35 bits per heavy atom. The van der Waals surface area contributed by atoms with Gasteiger partial charge in [-0.25, -0.2) is 4.99 Å². The minimum atomic E-state index is 0.111. The lowest BCUT2D eigenvalue weighted by atomic mass is 9.85. The normalized spacial score (nSPS) is 27.2. The summed E-state index contributed by atoms with van der Waals surface area (Å²) >= 11 is 1.73. The maximum atomic E-state index is 5.96. The fourth-order valence-electron chi connectivity index (χ4n) is 1.99. The summed E-state index contributed by atoms with van der Waals surface area (Å²) in [5, 5.41) is 1.15. The van der Waals surface area contributed by atoms with E-state index in [2.05, 4.69) is 50.0 Å². The summed E-state index contributed by atoms with van der Waals surface area (Å²) in [5.41, 5.74) is 1.43. The summed E-state index contributed by atoms with van der Waals surface area (Å²) in [4.78, 5) is 4.18. The molecule has 0 amide bonds. The van der Waals surface area contributed by atoms with Crippen molar-refractivity contribution < 1.29 is 4.74 Å². The van der Waals surface area contributed by atoms with Crippen LogP contribution in [-0.4, -0.2) is 18.4 Å². The summed E-state index contributed by atoms with van der Waals surface area (Å²) < 4.78 is 5.96. The van der Waals surface area contributed by atoms with Crippen molar-refractivity contribution in [1.82, 2.24) is 0 Å². The Kier molecular flexibility index (Phi) is 3.48. The summed E-state index contributed by atoms with van der Waals surface area (Å²) in [5.74, 6) is 0. The molecule has 92 valence electrons. The predicted octanol–water partition coefficient (Wildman–Crippen LogP) is 3.89. The molecule has 1 aliphatic heterocycles. The molecule has 3 heteroatoms. The van der Waals surface area contributed by atoms with E-state index in [9.17, 15) is 0 Å². The topological polar surface area (TPSA) is 21.6 Å². The van der Waals surface area contributed by atoms with Gasteiger partial charge >= 0.3 is 0 Å². The second-order valence-electron chi connectivity index (χ2n) is 5.34. The van der Waals surface area contributed by atoms with Gasteiger partial charge < -0.3 is 4.74 Å². The molecule has 17 heavy (non-hydrogen) atoms. The third kappa shape index (κ3) is 2.65. The highest BCUT2D eigenvalue weighted by Crippen LogP contribution is 2.47. The zero-order valence-electron chi connectivity index (χ0n) is 10.8. The highest BCUT2D eigenvalue weighted by Gasteiger charge is 2.42. The van der Waals surface area contributed by atoms with E-state index in [0.29, 0.717) is 5.25 Å². The fourth-order valence-corrected chi connectivity index (χ4v) is 3.35. The lowest BCUT2D eigenvalue weighted by Gasteiger charge is -2.29. The van der Waals surface area contributed by atoms with E-state index in [1.54, 1.807) is 18.8 Å². The van der Waals surface area contributed by atoms with Gasteiger partial charge in [0.25, 0.3) is 0 Å². The molecule has 2 nitrogen and oxygen atoms in total. The van der Waals surface area contributed by atoms with Gasteiger partial charge in [-0.3, -0.25) is 0 Å². The van der Waals surface area contributed by atoms with Crippen LogP contribution in [0.15, 0.2) is 35.3 Å². The lowest BCUT2D eigenvalue weighted by Crippen LogP contribution is -2.30. The van der Waals surface area contributed by atoms with Crippen LogP contribution >= 0.6 is 11.8 Å². The van der Waals surface area contributed by atoms with Crippen LogP contribution in [0.25, 0.3) is 0 Å². The van der Waals surface area contributed by atoms with E-state index >= 15 is 0 Å². The van der Waals surface area contributed by atoms with Crippen LogP contribution in [0.5, 0.6) is 0 Å². The van der Waals surface area contributed by atoms with Crippen LogP contribution in [0.3, 0.4) is 0 Å². The Balaban J connectivity index is 2.31. The van der Waals surface area contributed by atoms with Crippen molar-refractivity contribution in [2.45, 2.75) is 32.1 Å². The molecule has 1 aromatic rings. The SMILES string of the molecule is CN=C1OC(C(C)(C)C)C(c2ccccc2)S1.